The van der Waals surface area contributed by atoms with Crippen LogP contribution >= 0.6 is 15.9 Å². The zero-order valence-electron chi connectivity index (χ0n) is 14.2. The van der Waals surface area contributed by atoms with E-state index in [1.54, 1.807) is 0 Å². The van der Waals surface area contributed by atoms with E-state index in [1.807, 2.05) is 36.4 Å². The average molecular weight is 408 g/mol. The molecular weight excluding hydrogens is 390 g/mol. The van der Waals surface area contributed by atoms with Gasteiger partial charge in [0.2, 0.25) is 0 Å². The van der Waals surface area contributed by atoms with Crippen molar-refractivity contribution in [2.75, 3.05) is 6.61 Å². The predicted octanol–water partition coefficient (Wildman–Crippen LogP) is 5.59. The van der Waals surface area contributed by atoms with E-state index in [0.29, 0.717) is 12.2 Å². The van der Waals surface area contributed by atoms with E-state index in [1.165, 1.54) is 5.56 Å². The summed E-state index contributed by atoms with van der Waals surface area (Å²) in [5.74, 6) is 0.703. The third-order valence-electron chi connectivity index (χ3n) is 4.33. The van der Waals surface area contributed by atoms with Crippen molar-refractivity contribution in [1.82, 2.24) is 4.57 Å². The highest BCUT2D eigenvalue weighted by Crippen LogP contribution is 2.34. The SMILES string of the molecule is N#CCCCC(c1cccc(Br)c1)n1ccc2cccc(OCC#N)c21. The zero-order chi connectivity index (χ0) is 18.4. The van der Waals surface area contributed by atoms with Gasteiger partial charge in [0.15, 0.2) is 6.61 Å². The lowest BCUT2D eigenvalue weighted by molar-refractivity contribution is 0.369. The lowest BCUT2D eigenvalue weighted by Gasteiger charge is -2.22. The largest absolute Gasteiger partial charge is 0.477 e. The van der Waals surface area contributed by atoms with Crippen molar-refractivity contribution >= 4 is 26.8 Å². The van der Waals surface area contributed by atoms with Gasteiger partial charge >= 0.3 is 0 Å². The van der Waals surface area contributed by atoms with Crippen LogP contribution in [0.4, 0.5) is 0 Å². The van der Waals surface area contributed by atoms with Gasteiger partial charge < -0.3 is 9.30 Å². The first-order valence-electron chi connectivity index (χ1n) is 8.46. The van der Waals surface area contributed by atoms with Gasteiger partial charge in [-0.15, -0.1) is 0 Å². The van der Waals surface area contributed by atoms with Crippen molar-refractivity contribution in [3.8, 4) is 17.9 Å². The van der Waals surface area contributed by atoms with Crippen LogP contribution in [0.2, 0.25) is 0 Å². The monoisotopic (exact) mass is 407 g/mol. The lowest BCUT2D eigenvalue weighted by atomic mass is 10.0. The van der Waals surface area contributed by atoms with E-state index in [4.69, 9.17) is 15.3 Å². The molecule has 0 amide bonds. The van der Waals surface area contributed by atoms with Crippen molar-refractivity contribution in [3.05, 3.63) is 64.8 Å². The number of nitriles is 2. The van der Waals surface area contributed by atoms with Crippen molar-refractivity contribution in [2.24, 2.45) is 0 Å². The number of halogens is 1. The Balaban J connectivity index is 2.08. The number of para-hydroxylation sites is 1. The first-order chi connectivity index (χ1) is 12.7. The highest BCUT2D eigenvalue weighted by molar-refractivity contribution is 9.10. The second-order valence-electron chi connectivity index (χ2n) is 5.98. The molecule has 0 aliphatic carbocycles. The van der Waals surface area contributed by atoms with Crippen LogP contribution in [0.5, 0.6) is 5.75 Å². The zero-order valence-corrected chi connectivity index (χ0v) is 15.8. The standard InChI is InChI=1S/C21H18BrN3O/c22-18-7-3-6-17(15-18)19(8-1-2-11-23)25-13-10-16-5-4-9-20(21(16)25)26-14-12-24/h3-7,9-10,13,15,19H,1-2,8,14H2. The Hall–Kier alpha value is -2.76. The van der Waals surface area contributed by atoms with Gasteiger partial charge in [0.25, 0.3) is 0 Å². The first kappa shape index (κ1) is 18.0. The van der Waals surface area contributed by atoms with Crippen molar-refractivity contribution < 1.29 is 4.74 Å². The van der Waals surface area contributed by atoms with Crippen LogP contribution in [-0.2, 0) is 0 Å². The topological polar surface area (TPSA) is 61.7 Å². The number of unbranched alkanes of at least 4 members (excludes halogenated alkanes) is 1. The number of hydrogen-bond donors (Lipinski definition) is 0. The Morgan fingerprint density at radius 1 is 1.08 bits per heavy atom. The highest BCUT2D eigenvalue weighted by Gasteiger charge is 2.18. The molecule has 4 nitrogen and oxygen atoms in total. The molecule has 1 atom stereocenters. The fourth-order valence-corrected chi connectivity index (χ4v) is 3.64. The van der Waals surface area contributed by atoms with Crippen LogP contribution in [0.15, 0.2) is 59.2 Å². The van der Waals surface area contributed by atoms with Crippen LogP contribution < -0.4 is 4.74 Å². The number of nitrogens with zero attached hydrogens (tertiary/aromatic N) is 3. The van der Waals surface area contributed by atoms with Gasteiger partial charge in [0, 0.05) is 22.5 Å². The molecule has 0 aliphatic heterocycles. The molecule has 0 N–H and O–H groups in total. The van der Waals surface area contributed by atoms with Gasteiger partial charge in [-0.25, -0.2) is 0 Å². The Kier molecular flexibility index (Phi) is 5.94. The summed E-state index contributed by atoms with van der Waals surface area (Å²) in [7, 11) is 0. The van der Waals surface area contributed by atoms with Gasteiger partial charge in [-0.1, -0.05) is 40.2 Å². The van der Waals surface area contributed by atoms with Gasteiger partial charge in [-0.2, -0.15) is 10.5 Å². The van der Waals surface area contributed by atoms with Crippen LogP contribution in [-0.4, -0.2) is 11.2 Å². The fraction of sp³-hybridized carbons (Fsp3) is 0.238. The van der Waals surface area contributed by atoms with E-state index in [2.05, 4.69) is 51.0 Å². The van der Waals surface area contributed by atoms with Crippen molar-refractivity contribution in [1.29, 1.82) is 10.5 Å². The minimum atomic E-state index is 0.0142. The minimum Gasteiger partial charge on any atom is -0.477 e. The van der Waals surface area contributed by atoms with Gasteiger partial charge in [0.05, 0.1) is 17.6 Å². The molecule has 2 aromatic carbocycles. The van der Waals surface area contributed by atoms with E-state index >= 15 is 0 Å². The molecule has 1 heterocycles. The summed E-state index contributed by atoms with van der Waals surface area (Å²) in [5, 5.41) is 18.9. The van der Waals surface area contributed by atoms with Crippen molar-refractivity contribution in [2.45, 2.75) is 25.3 Å². The van der Waals surface area contributed by atoms with E-state index in [-0.39, 0.29) is 12.6 Å². The van der Waals surface area contributed by atoms with E-state index in [9.17, 15) is 0 Å². The van der Waals surface area contributed by atoms with Crippen LogP contribution in [0.1, 0.15) is 30.9 Å². The molecule has 1 aromatic heterocycles. The molecule has 0 fully saturated rings. The summed E-state index contributed by atoms with van der Waals surface area (Å²) in [4.78, 5) is 0. The Morgan fingerprint density at radius 2 is 1.92 bits per heavy atom. The second kappa shape index (κ2) is 8.56. The number of hydrogen-bond acceptors (Lipinski definition) is 3. The highest BCUT2D eigenvalue weighted by atomic mass is 79.9. The predicted molar refractivity (Wildman–Crippen MR) is 105 cm³/mol. The molecule has 3 aromatic rings. The molecule has 26 heavy (non-hydrogen) atoms. The van der Waals surface area contributed by atoms with Crippen LogP contribution in [0, 0.1) is 22.7 Å². The third-order valence-corrected chi connectivity index (χ3v) is 4.82. The van der Waals surface area contributed by atoms with Crippen LogP contribution in [0.3, 0.4) is 0 Å². The fourth-order valence-electron chi connectivity index (χ4n) is 3.23. The summed E-state index contributed by atoms with van der Waals surface area (Å²) in [6.07, 6.45) is 4.25. The Labute approximate surface area is 161 Å². The Bertz CT molecular complexity index is 981. The molecular formula is C21H18BrN3O. The number of ether oxygens (including phenoxy) is 1. The molecule has 0 radical (unpaired) electrons. The molecule has 130 valence electrons. The summed E-state index contributed by atoms with van der Waals surface area (Å²) in [6.45, 7) is 0.0142. The van der Waals surface area contributed by atoms with E-state index in [0.717, 1.165) is 28.2 Å². The molecule has 1 unspecified atom stereocenters. The summed E-state index contributed by atoms with van der Waals surface area (Å²) < 4.78 is 8.88. The molecule has 0 bridgehead atoms. The molecule has 0 aliphatic rings. The molecule has 3 rings (SSSR count). The quantitative estimate of drug-likeness (QED) is 0.479. The van der Waals surface area contributed by atoms with Gasteiger partial charge in [0.1, 0.15) is 11.8 Å². The first-order valence-corrected chi connectivity index (χ1v) is 9.25. The molecule has 0 spiro atoms. The molecule has 5 heteroatoms. The number of fused-ring (bicyclic) bond motifs is 1. The summed E-state index contributed by atoms with van der Waals surface area (Å²) >= 11 is 3.55. The maximum absolute atomic E-state index is 8.92. The summed E-state index contributed by atoms with van der Waals surface area (Å²) in [6, 6.07) is 20.5. The van der Waals surface area contributed by atoms with Crippen LogP contribution in [0.25, 0.3) is 10.9 Å². The maximum Gasteiger partial charge on any atom is 0.174 e. The average Bonchev–Trinajstić information content (AvgIpc) is 3.08. The lowest BCUT2D eigenvalue weighted by Crippen LogP contribution is -2.10. The number of aromatic nitrogens is 1. The number of rotatable bonds is 7. The van der Waals surface area contributed by atoms with Gasteiger partial charge in [-0.05, 0) is 42.7 Å². The molecule has 0 saturated carbocycles. The second-order valence-corrected chi connectivity index (χ2v) is 6.90. The van der Waals surface area contributed by atoms with Gasteiger partial charge in [-0.3, -0.25) is 0 Å². The third kappa shape index (κ3) is 3.90. The van der Waals surface area contributed by atoms with Crippen molar-refractivity contribution in [3.63, 3.8) is 0 Å². The maximum atomic E-state index is 8.92. The normalized spacial score (nSPS) is 11.7. The summed E-state index contributed by atoms with van der Waals surface area (Å²) in [5.41, 5.74) is 2.15. The Morgan fingerprint density at radius 3 is 2.69 bits per heavy atom. The van der Waals surface area contributed by atoms with E-state index < -0.39 is 0 Å². The number of benzene rings is 2. The minimum absolute atomic E-state index is 0.0142. The molecule has 0 saturated heterocycles. The smallest absolute Gasteiger partial charge is 0.174 e.